The molecule has 0 aromatic carbocycles. The van der Waals surface area contributed by atoms with Crippen LogP contribution in [0.3, 0.4) is 0 Å². The fourth-order valence-electron chi connectivity index (χ4n) is 2.99. The van der Waals surface area contributed by atoms with E-state index in [1.165, 1.54) is 44.9 Å². The molecule has 0 aliphatic carbocycles. The average Bonchev–Trinajstić information content (AvgIpc) is 2.62. The second-order valence-electron chi connectivity index (χ2n) is 7.03. The monoisotopic (exact) mass is 430 g/mol. The first kappa shape index (κ1) is 26.8. The Bertz CT molecular complexity index is 558. The normalized spacial score (nSPS) is 15.0. The molecule has 0 saturated carbocycles. The summed E-state index contributed by atoms with van der Waals surface area (Å²) in [6.07, 6.45) is 11.1. The molecule has 0 heterocycles. The number of aliphatic hydroxyl groups is 1. The van der Waals surface area contributed by atoms with Crippen LogP contribution < -0.4 is 0 Å². The van der Waals surface area contributed by atoms with Crippen LogP contribution in [-0.2, 0) is 28.6 Å². The fraction of sp³-hybridized carbons (Fsp3) is 1.00. The van der Waals surface area contributed by atoms with Crippen molar-refractivity contribution >= 4 is 20.2 Å². The third-order valence-electron chi connectivity index (χ3n) is 4.71. The number of rotatable bonds is 18. The van der Waals surface area contributed by atoms with Gasteiger partial charge in [-0.1, -0.05) is 71.1 Å². The number of hydrogen-bond acceptors (Lipinski definition) is 7. The highest BCUT2D eigenvalue weighted by Crippen LogP contribution is 2.18. The zero-order valence-electron chi connectivity index (χ0n) is 17.1. The Morgan fingerprint density at radius 2 is 1.26 bits per heavy atom. The minimum atomic E-state index is -4.07. The van der Waals surface area contributed by atoms with Gasteiger partial charge in [0.2, 0.25) is 0 Å². The molecule has 0 amide bonds. The molecule has 0 aliphatic heterocycles. The summed E-state index contributed by atoms with van der Waals surface area (Å²) in [5.41, 5.74) is 0. The maximum absolute atomic E-state index is 11.9. The quantitative estimate of drug-likeness (QED) is 0.262. The van der Waals surface area contributed by atoms with Gasteiger partial charge in [-0.3, -0.25) is 8.37 Å². The zero-order chi connectivity index (χ0) is 20.8. The minimum Gasteiger partial charge on any atom is -0.393 e. The Morgan fingerprint density at radius 1 is 0.778 bits per heavy atom. The van der Waals surface area contributed by atoms with E-state index in [1.54, 1.807) is 0 Å². The molecule has 0 aromatic rings. The number of unbranched alkanes of at least 4 members (excludes halogenated alkanes) is 9. The van der Waals surface area contributed by atoms with Crippen molar-refractivity contribution in [2.75, 3.05) is 20.0 Å². The smallest absolute Gasteiger partial charge is 0.271 e. The molecule has 0 saturated heterocycles. The Balaban J connectivity index is 4.12. The van der Waals surface area contributed by atoms with Gasteiger partial charge < -0.3 is 5.11 Å². The van der Waals surface area contributed by atoms with Gasteiger partial charge in [-0.15, -0.1) is 0 Å². The SMILES string of the molecule is CCCCCCCCCCCCC(O)CC(CS(=O)(=O)OC)S(=O)(=O)OC. The van der Waals surface area contributed by atoms with E-state index in [9.17, 15) is 21.9 Å². The van der Waals surface area contributed by atoms with Crippen LogP contribution >= 0.6 is 0 Å². The highest BCUT2D eigenvalue weighted by molar-refractivity contribution is 7.91. The van der Waals surface area contributed by atoms with Crippen LogP contribution in [0.25, 0.3) is 0 Å². The molecule has 2 unspecified atom stereocenters. The van der Waals surface area contributed by atoms with Gasteiger partial charge in [0.25, 0.3) is 20.2 Å². The molecule has 0 aromatic heterocycles. The van der Waals surface area contributed by atoms with Crippen LogP contribution in [0.2, 0.25) is 0 Å². The highest BCUT2D eigenvalue weighted by Gasteiger charge is 2.32. The molecule has 2 atom stereocenters. The van der Waals surface area contributed by atoms with E-state index in [0.29, 0.717) is 6.42 Å². The van der Waals surface area contributed by atoms with E-state index in [4.69, 9.17) is 0 Å². The summed E-state index contributed by atoms with van der Waals surface area (Å²) in [6, 6.07) is 0. The standard InChI is InChI=1S/C18H38O7S2/c1-4-5-6-7-8-9-10-11-12-13-14-17(19)15-18(27(22,23)25-3)16-26(20,21)24-2/h17-19H,4-16H2,1-3H3. The van der Waals surface area contributed by atoms with Crippen LogP contribution in [0.1, 0.15) is 84.0 Å². The second-order valence-corrected chi connectivity index (χ2v) is 10.8. The van der Waals surface area contributed by atoms with Crippen molar-refractivity contribution in [1.29, 1.82) is 0 Å². The highest BCUT2D eigenvalue weighted by atomic mass is 32.2. The van der Waals surface area contributed by atoms with Crippen LogP contribution in [0, 0.1) is 0 Å². The zero-order valence-corrected chi connectivity index (χ0v) is 18.7. The molecule has 0 fully saturated rings. The largest absolute Gasteiger partial charge is 0.393 e. The maximum Gasteiger partial charge on any atom is 0.271 e. The van der Waals surface area contributed by atoms with E-state index in [1.807, 2.05) is 0 Å². The predicted molar refractivity (Wildman–Crippen MR) is 108 cm³/mol. The molecule has 164 valence electrons. The number of hydrogen-bond donors (Lipinski definition) is 1. The molecule has 27 heavy (non-hydrogen) atoms. The summed E-state index contributed by atoms with van der Waals surface area (Å²) in [5, 5.41) is 8.77. The first-order valence-corrected chi connectivity index (χ1v) is 13.0. The molecule has 1 N–H and O–H groups in total. The van der Waals surface area contributed by atoms with Gasteiger partial charge in [0.1, 0.15) is 5.25 Å². The van der Waals surface area contributed by atoms with E-state index in [2.05, 4.69) is 15.3 Å². The van der Waals surface area contributed by atoms with Gasteiger partial charge in [-0.05, 0) is 12.8 Å². The van der Waals surface area contributed by atoms with Crippen molar-refractivity contribution in [3.63, 3.8) is 0 Å². The first-order chi connectivity index (χ1) is 12.7. The molecule has 0 aliphatic rings. The van der Waals surface area contributed by atoms with Crippen LogP contribution in [0.4, 0.5) is 0 Å². The number of aliphatic hydroxyl groups excluding tert-OH is 1. The van der Waals surface area contributed by atoms with Crippen molar-refractivity contribution in [3.05, 3.63) is 0 Å². The van der Waals surface area contributed by atoms with E-state index >= 15 is 0 Å². The van der Waals surface area contributed by atoms with Gasteiger partial charge >= 0.3 is 0 Å². The summed E-state index contributed by atoms with van der Waals surface area (Å²) in [7, 11) is -6.08. The van der Waals surface area contributed by atoms with Crippen LogP contribution in [0.5, 0.6) is 0 Å². The molecule has 0 bridgehead atoms. The second kappa shape index (κ2) is 14.7. The Hall–Kier alpha value is -0.220. The predicted octanol–water partition coefficient (Wildman–Crippen LogP) is 3.37. The van der Waals surface area contributed by atoms with E-state index in [0.717, 1.165) is 33.5 Å². The van der Waals surface area contributed by atoms with Gasteiger partial charge in [-0.2, -0.15) is 16.8 Å². The molecule has 9 heteroatoms. The molecular formula is C18H38O7S2. The summed E-state index contributed by atoms with van der Waals surface area (Å²) >= 11 is 0. The lowest BCUT2D eigenvalue weighted by Gasteiger charge is -2.19. The van der Waals surface area contributed by atoms with Gasteiger partial charge in [-0.25, -0.2) is 0 Å². The molecule has 0 spiro atoms. The maximum atomic E-state index is 11.9. The topological polar surface area (TPSA) is 107 Å². The lowest BCUT2D eigenvalue weighted by molar-refractivity contribution is 0.149. The van der Waals surface area contributed by atoms with E-state index < -0.39 is 37.3 Å². The fourth-order valence-corrected chi connectivity index (χ4v) is 5.61. The van der Waals surface area contributed by atoms with Gasteiger partial charge in [0.15, 0.2) is 0 Å². The van der Waals surface area contributed by atoms with Crippen molar-refractivity contribution in [1.82, 2.24) is 0 Å². The van der Waals surface area contributed by atoms with Gasteiger partial charge in [0.05, 0.1) is 26.1 Å². The lowest BCUT2D eigenvalue weighted by Crippen LogP contribution is -2.34. The van der Waals surface area contributed by atoms with Crippen LogP contribution in [0.15, 0.2) is 0 Å². The summed E-state index contributed by atoms with van der Waals surface area (Å²) in [5.74, 6) is -0.727. The van der Waals surface area contributed by atoms with Crippen LogP contribution in [-0.4, -0.2) is 53.3 Å². The van der Waals surface area contributed by atoms with Crippen molar-refractivity contribution in [2.24, 2.45) is 0 Å². The molecular weight excluding hydrogens is 392 g/mol. The third kappa shape index (κ3) is 13.6. The third-order valence-corrected chi connectivity index (χ3v) is 7.88. The van der Waals surface area contributed by atoms with E-state index in [-0.39, 0.29) is 6.42 Å². The van der Waals surface area contributed by atoms with Crippen molar-refractivity contribution in [3.8, 4) is 0 Å². The Morgan fingerprint density at radius 3 is 1.70 bits per heavy atom. The summed E-state index contributed by atoms with van der Waals surface area (Å²) in [4.78, 5) is 0. The minimum absolute atomic E-state index is 0.184. The Kier molecular flexibility index (Phi) is 14.6. The molecule has 0 radical (unpaired) electrons. The molecule has 0 rings (SSSR count). The molecule has 7 nitrogen and oxygen atoms in total. The average molecular weight is 431 g/mol. The lowest BCUT2D eigenvalue weighted by atomic mass is 10.0. The summed E-state index contributed by atoms with van der Waals surface area (Å²) in [6.45, 7) is 2.21. The first-order valence-electron chi connectivity index (χ1n) is 9.94. The van der Waals surface area contributed by atoms with Crippen molar-refractivity contribution in [2.45, 2.75) is 95.3 Å². The summed E-state index contributed by atoms with van der Waals surface area (Å²) < 4.78 is 55.7. The van der Waals surface area contributed by atoms with Crippen molar-refractivity contribution < 1.29 is 30.3 Å². The Labute approximate surface area is 166 Å². The van der Waals surface area contributed by atoms with Gasteiger partial charge in [0, 0.05) is 0 Å².